The lowest BCUT2D eigenvalue weighted by atomic mass is 10.0. The molecule has 1 aliphatic carbocycles. The highest BCUT2D eigenvalue weighted by atomic mass is 16.1. The zero-order chi connectivity index (χ0) is 13.1. The maximum atomic E-state index is 11.3. The summed E-state index contributed by atoms with van der Waals surface area (Å²) in [4.78, 5) is 20.0. The van der Waals surface area contributed by atoms with Crippen LogP contribution in [0.2, 0.25) is 0 Å². The van der Waals surface area contributed by atoms with E-state index >= 15 is 0 Å². The lowest BCUT2D eigenvalue weighted by Gasteiger charge is -2.18. The SMILES string of the molecule is CC(C)c1ccnc(N[C@H]2CCC[C@H]2C(N)=O)n1. The summed E-state index contributed by atoms with van der Waals surface area (Å²) < 4.78 is 0. The lowest BCUT2D eigenvalue weighted by Crippen LogP contribution is -2.34. The summed E-state index contributed by atoms with van der Waals surface area (Å²) in [6, 6.07) is 1.99. The number of carbonyl (C=O) groups is 1. The van der Waals surface area contributed by atoms with E-state index in [-0.39, 0.29) is 17.9 Å². The number of carbonyl (C=O) groups excluding carboxylic acids is 1. The van der Waals surface area contributed by atoms with E-state index in [0.29, 0.717) is 11.9 Å². The molecule has 1 fully saturated rings. The van der Waals surface area contributed by atoms with E-state index in [9.17, 15) is 4.79 Å². The van der Waals surface area contributed by atoms with E-state index in [2.05, 4.69) is 29.1 Å². The summed E-state index contributed by atoms with van der Waals surface area (Å²) in [5.74, 6) is 0.629. The van der Waals surface area contributed by atoms with Crippen molar-refractivity contribution >= 4 is 11.9 Å². The van der Waals surface area contributed by atoms with E-state index in [1.807, 2.05) is 6.07 Å². The van der Waals surface area contributed by atoms with E-state index in [1.54, 1.807) is 6.20 Å². The molecule has 5 nitrogen and oxygen atoms in total. The van der Waals surface area contributed by atoms with Crippen LogP contribution in [-0.2, 0) is 4.79 Å². The van der Waals surface area contributed by atoms with Gasteiger partial charge in [-0.3, -0.25) is 4.79 Å². The van der Waals surface area contributed by atoms with Gasteiger partial charge >= 0.3 is 0 Å². The van der Waals surface area contributed by atoms with Crippen molar-refractivity contribution < 1.29 is 4.79 Å². The molecule has 0 bridgehead atoms. The number of nitrogens with zero attached hydrogens (tertiary/aromatic N) is 2. The standard InChI is InChI=1S/C13H20N4O/c1-8(2)10-6-7-15-13(16-10)17-11-5-3-4-9(11)12(14)18/h6-9,11H,3-5H2,1-2H3,(H2,14,18)(H,15,16,17)/t9-,11+/m1/s1. The minimum absolute atomic E-state index is 0.0740. The summed E-state index contributed by atoms with van der Waals surface area (Å²) in [5.41, 5.74) is 6.40. The summed E-state index contributed by atoms with van der Waals surface area (Å²) in [6.07, 6.45) is 4.58. The van der Waals surface area contributed by atoms with Gasteiger partial charge in [0.25, 0.3) is 0 Å². The molecule has 5 heteroatoms. The Morgan fingerprint density at radius 3 is 2.94 bits per heavy atom. The van der Waals surface area contributed by atoms with Crippen molar-refractivity contribution in [2.45, 2.75) is 45.1 Å². The second-order valence-corrected chi connectivity index (χ2v) is 5.15. The van der Waals surface area contributed by atoms with Crippen molar-refractivity contribution in [3.8, 4) is 0 Å². The predicted molar refractivity (Wildman–Crippen MR) is 70.1 cm³/mol. The number of aromatic nitrogens is 2. The average molecular weight is 248 g/mol. The molecule has 0 aromatic carbocycles. The van der Waals surface area contributed by atoms with E-state index < -0.39 is 0 Å². The van der Waals surface area contributed by atoms with Gasteiger partial charge < -0.3 is 11.1 Å². The average Bonchev–Trinajstić information content (AvgIpc) is 2.77. The molecule has 0 saturated heterocycles. The highest BCUT2D eigenvalue weighted by Crippen LogP contribution is 2.27. The Bertz CT molecular complexity index is 433. The van der Waals surface area contributed by atoms with Crippen molar-refractivity contribution in [3.05, 3.63) is 18.0 Å². The molecule has 1 saturated carbocycles. The monoisotopic (exact) mass is 248 g/mol. The highest BCUT2D eigenvalue weighted by molar-refractivity contribution is 5.78. The number of hydrogen-bond donors (Lipinski definition) is 2. The third-order valence-electron chi connectivity index (χ3n) is 3.46. The van der Waals surface area contributed by atoms with Crippen LogP contribution >= 0.6 is 0 Å². The molecule has 0 spiro atoms. The number of rotatable bonds is 4. The second kappa shape index (κ2) is 5.33. The minimum Gasteiger partial charge on any atom is -0.369 e. The van der Waals surface area contributed by atoms with Crippen LogP contribution in [0.3, 0.4) is 0 Å². The van der Waals surface area contributed by atoms with E-state index in [1.165, 1.54) is 0 Å². The largest absolute Gasteiger partial charge is 0.369 e. The highest BCUT2D eigenvalue weighted by Gasteiger charge is 2.31. The Balaban J connectivity index is 2.09. The van der Waals surface area contributed by atoms with Crippen LogP contribution in [0.5, 0.6) is 0 Å². The van der Waals surface area contributed by atoms with Crippen LogP contribution in [0.25, 0.3) is 0 Å². The summed E-state index contributed by atoms with van der Waals surface area (Å²) in [7, 11) is 0. The first kappa shape index (κ1) is 12.8. The third-order valence-corrected chi connectivity index (χ3v) is 3.46. The molecule has 1 aromatic rings. The maximum absolute atomic E-state index is 11.3. The molecule has 1 aromatic heterocycles. The molecule has 1 aliphatic rings. The van der Waals surface area contributed by atoms with Crippen molar-refractivity contribution in [2.24, 2.45) is 11.7 Å². The fraction of sp³-hybridized carbons (Fsp3) is 0.615. The normalized spacial score (nSPS) is 23.3. The molecule has 0 unspecified atom stereocenters. The van der Waals surface area contributed by atoms with Crippen LogP contribution in [0, 0.1) is 5.92 Å². The maximum Gasteiger partial charge on any atom is 0.223 e. The number of nitrogens with two attached hydrogens (primary N) is 1. The Morgan fingerprint density at radius 1 is 1.50 bits per heavy atom. The predicted octanol–water partition coefficient (Wildman–Crippen LogP) is 1.67. The van der Waals surface area contributed by atoms with Gasteiger partial charge in [-0.1, -0.05) is 20.3 Å². The second-order valence-electron chi connectivity index (χ2n) is 5.15. The topological polar surface area (TPSA) is 80.9 Å². The molecule has 1 heterocycles. The fourth-order valence-corrected chi connectivity index (χ4v) is 2.40. The van der Waals surface area contributed by atoms with Gasteiger partial charge in [-0.05, 0) is 24.8 Å². The van der Waals surface area contributed by atoms with Gasteiger partial charge in [0.15, 0.2) is 0 Å². The molecule has 0 aliphatic heterocycles. The number of amides is 1. The molecular weight excluding hydrogens is 228 g/mol. The first-order valence-electron chi connectivity index (χ1n) is 6.46. The van der Waals surface area contributed by atoms with Crippen LogP contribution in [0.1, 0.15) is 44.7 Å². The van der Waals surface area contributed by atoms with Crippen molar-refractivity contribution in [1.29, 1.82) is 0 Å². The van der Waals surface area contributed by atoms with Gasteiger partial charge in [0.1, 0.15) is 0 Å². The first-order chi connectivity index (χ1) is 8.58. The molecular formula is C13H20N4O. The van der Waals surface area contributed by atoms with Gasteiger partial charge in [-0.2, -0.15) is 0 Å². The molecule has 98 valence electrons. The third kappa shape index (κ3) is 2.78. The molecule has 3 N–H and O–H groups in total. The molecule has 0 radical (unpaired) electrons. The van der Waals surface area contributed by atoms with Gasteiger partial charge in [0.05, 0.1) is 5.92 Å². The summed E-state index contributed by atoms with van der Waals surface area (Å²) >= 11 is 0. The number of nitrogens with one attached hydrogen (secondary N) is 1. The number of anilines is 1. The van der Waals surface area contributed by atoms with E-state index in [0.717, 1.165) is 25.0 Å². The first-order valence-corrected chi connectivity index (χ1v) is 6.46. The van der Waals surface area contributed by atoms with Crippen molar-refractivity contribution in [2.75, 3.05) is 5.32 Å². The number of primary amides is 1. The van der Waals surface area contributed by atoms with E-state index in [4.69, 9.17) is 5.73 Å². The fourth-order valence-electron chi connectivity index (χ4n) is 2.40. The number of hydrogen-bond acceptors (Lipinski definition) is 4. The zero-order valence-electron chi connectivity index (χ0n) is 10.9. The molecule has 1 amide bonds. The zero-order valence-corrected chi connectivity index (χ0v) is 10.9. The van der Waals surface area contributed by atoms with Gasteiger partial charge in [0, 0.05) is 17.9 Å². The quantitative estimate of drug-likeness (QED) is 0.849. The molecule has 2 atom stereocenters. The molecule has 2 rings (SSSR count). The Morgan fingerprint density at radius 2 is 2.28 bits per heavy atom. The molecule has 18 heavy (non-hydrogen) atoms. The van der Waals surface area contributed by atoms with Crippen LogP contribution in [0.4, 0.5) is 5.95 Å². The van der Waals surface area contributed by atoms with Gasteiger partial charge in [0.2, 0.25) is 11.9 Å². The lowest BCUT2D eigenvalue weighted by molar-refractivity contribution is -0.121. The van der Waals surface area contributed by atoms with Gasteiger partial charge in [-0.25, -0.2) is 9.97 Å². The smallest absolute Gasteiger partial charge is 0.223 e. The Labute approximate surface area is 107 Å². The van der Waals surface area contributed by atoms with Crippen LogP contribution in [0.15, 0.2) is 12.3 Å². The van der Waals surface area contributed by atoms with Crippen molar-refractivity contribution in [3.63, 3.8) is 0 Å². The Hall–Kier alpha value is -1.65. The van der Waals surface area contributed by atoms with Gasteiger partial charge in [-0.15, -0.1) is 0 Å². The van der Waals surface area contributed by atoms with Crippen LogP contribution < -0.4 is 11.1 Å². The van der Waals surface area contributed by atoms with Crippen molar-refractivity contribution in [1.82, 2.24) is 9.97 Å². The summed E-state index contributed by atoms with van der Waals surface area (Å²) in [6.45, 7) is 4.18. The Kier molecular flexibility index (Phi) is 3.79. The summed E-state index contributed by atoms with van der Waals surface area (Å²) in [5, 5.41) is 3.24. The minimum atomic E-state index is -0.231. The van der Waals surface area contributed by atoms with Crippen LogP contribution in [-0.4, -0.2) is 21.9 Å².